The first-order chi connectivity index (χ1) is 8.66. The van der Waals surface area contributed by atoms with E-state index < -0.39 is 7.12 Å². The van der Waals surface area contributed by atoms with Crippen molar-refractivity contribution in [2.24, 2.45) is 0 Å². The van der Waals surface area contributed by atoms with Crippen LogP contribution in [0.3, 0.4) is 0 Å². The molecule has 18 heavy (non-hydrogen) atoms. The van der Waals surface area contributed by atoms with Crippen LogP contribution in [0.5, 0.6) is 5.75 Å². The van der Waals surface area contributed by atoms with Gasteiger partial charge >= 0.3 is 7.12 Å². The maximum absolute atomic E-state index is 9.07. The quantitative estimate of drug-likeness (QED) is 0.823. The average molecular weight is 263 g/mol. The van der Waals surface area contributed by atoms with Crippen molar-refractivity contribution in [3.63, 3.8) is 0 Å². The van der Waals surface area contributed by atoms with Gasteiger partial charge in [0.05, 0.1) is 5.02 Å². The first-order valence-corrected chi connectivity index (χ1v) is 5.87. The van der Waals surface area contributed by atoms with Gasteiger partial charge in [-0.1, -0.05) is 48.0 Å². The molecule has 0 saturated heterocycles. The van der Waals surface area contributed by atoms with Gasteiger partial charge in [-0.2, -0.15) is 0 Å². The summed E-state index contributed by atoms with van der Waals surface area (Å²) < 4.78 is 5.56. The van der Waals surface area contributed by atoms with E-state index in [2.05, 4.69) is 0 Å². The molecule has 2 aromatic carbocycles. The Kier molecular flexibility index (Phi) is 4.26. The molecular formula is C13H12BClO3. The summed E-state index contributed by atoms with van der Waals surface area (Å²) in [5.74, 6) is 0.606. The Morgan fingerprint density at radius 1 is 1.06 bits per heavy atom. The number of hydrogen-bond donors (Lipinski definition) is 2. The van der Waals surface area contributed by atoms with Crippen LogP contribution in [0, 0.1) is 0 Å². The van der Waals surface area contributed by atoms with Crippen molar-refractivity contribution >= 4 is 24.2 Å². The molecule has 3 nitrogen and oxygen atoms in total. The van der Waals surface area contributed by atoms with Crippen LogP contribution in [0.1, 0.15) is 5.56 Å². The van der Waals surface area contributed by atoms with E-state index in [9.17, 15) is 0 Å². The zero-order chi connectivity index (χ0) is 13.0. The molecule has 0 saturated carbocycles. The fourth-order valence-corrected chi connectivity index (χ4v) is 1.76. The topological polar surface area (TPSA) is 49.7 Å². The minimum atomic E-state index is -1.47. The molecule has 0 fully saturated rings. The third kappa shape index (κ3) is 3.26. The summed E-state index contributed by atoms with van der Waals surface area (Å²) in [7, 11) is -1.47. The second-order valence-electron chi connectivity index (χ2n) is 3.84. The highest BCUT2D eigenvalue weighted by molar-refractivity contribution is 6.58. The first kappa shape index (κ1) is 13.0. The molecule has 0 aliphatic rings. The van der Waals surface area contributed by atoms with Gasteiger partial charge in [-0.05, 0) is 23.2 Å². The molecule has 2 N–H and O–H groups in total. The van der Waals surface area contributed by atoms with Crippen LogP contribution in [0.4, 0.5) is 0 Å². The van der Waals surface area contributed by atoms with Gasteiger partial charge in [0, 0.05) is 0 Å². The fraction of sp³-hybridized carbons (Fsp3) is 0.0769. The Labute approximate surface area is 111 Å². The van der Waals surface area contributed by atoms with Crippen molar-refractivity contribution in [2.45, 2.75) is 6.61 Å². The van der Waals surface area contributed by atoms with Crippen molar-refractivity contribution in [1.82, 2.24) is 0 Å². The molecule has 0 amide bonds. The van der Waals surface area contributed by atoms with Crippen LogP contribution in [-0.2, 0) is 6.61 Å². The normalized spacial score (nSPS) is 10.2. The maximum Gasteiger partial charge on any atom is 0.488 e. The molecule has 0 unspecified atom stereocenters. The second kappa shape index (κ2) is 5.91. The van der Waals surface area contributed by atoms with E-state index >= 15 is 0 Å². The minimum absolute atomic E-state index is 0.324. The standard InChI is InChI=1S/C13H12BClO3/c15-12-6-1-2-7-13(12)18-9-10-4-3-5-11(8-10)14(16)17/h1-8,16-17H,9H2. The Morgan fingerprint density at radius 2 is 1.83 bits per heavy atom. The van der Waals surface area contributed by atoms with E-state index in [0.29, 0.717) is 22.8 Å². The lowest BCUT2D eigenvalue weighted by atomic mass is 9.80. The van der Waals surface area contributed by atoms with Gasteiger partial charge in [-0.15, -0.1) is 0 Å². The van der Waals surface area contributed by atoms with Crippen LogP contribution < -0.4 is 10.2 Å². The summed E-state index contributed by atoms with van der Waals surface area (Å²) in [5.41, 5.74) is 1.29. The largest absolute Gasteiger partial charge is 0.488 e. The number of hydrogen-bond acceptors (Lipinski definition) is 3. The molecule has 0 heterocycles. The Hall–Kier alpha value is -1.49. The number of ether oxygens (including phenoxy) is 1. The van der Waals surface area contributed by atoms with Crippen molar-refractivity contribution < 1.29 is 14.8 Å². The fourth-order valence-electron chi connectivity index (χ4n) is 1.57. The highest BCUT2D eigenvalue weighted by atomic mass is 35.5. The summed E-state index contributed by atoms with van der Waals surface area (Å²) in [4.78, 5) is 0. The SMILES string of the molecule is OB(O)c1cccc(COc2ccccc2Cl)c1. The lowest BCUT2D eigenvalue weighted by Crippen LogP contribution is -2.29. The molecule has 5 heteroatoms. The van der Waals surface area contributed by atoms with E-state index in [1.807, 2.05) is 18.2 Å². The van der Waals surface area contributed by atoms with Gasteiger partial charge in [0.2, 0.25) is 0 Å². The summed E-state index contributed by atoms with van der Waals surface area (Å²) in [5, 5.41) is 18.7. The Morgan fingerprint density at radius 3 is 2.56 bits per heavy atom. The molecule has 0 atom stereocenters. The number of halogens is 1. The monoisotopic (exact) mass is 262 g/mol. The van der Waals surface area contributed by atoms with E-state index in [-0.39, 0.29) is 0 Å². The molecule has 92 valence electrons. The summed E-state index contributed by atoms with van der Waals surface area (Å²) in [6.07, 6.45) is 0. The lowest BCUT2D eigenvalue weighted by Gasteiger charge is -2.08. The number of rotatable bonds is 4. The van der Waals surface area contributed by atoms with Gasteiger partial charge < -0.3 is 14.8 Å². The average Bonchev–Trinajstić information content (AvgIpc) is 2.38. The van der Waals surface area contributed by atoms with Crippen molar-refractivity contribution in [2.75, 3.05) is 0 Å². The molecule has 2 rings (SSSR count). The molecular weight excluding hydrogens is 250 g/mol. The Balaban J connectivity index is 2.07. The maximum atomic E-state index is 9.07. The van der Waals surface area contributed by atoms with Gasteiger partial charge in [-0.25, -0.2) is 0 Å². The van der Waals surface area contributed by atoms with Crippen LogP contribution in [-0.4, -0.2) is 17.2 Å². The zero-order valence-electron chi connectivity index (χ0n) is 9.58. The number of para-hydroxylation sites is 1. The second-order valence-corrected chi connectivity index (χ2v) is 4.25. The van der Waals surface area contributed by atoms with Gasteiger partial charge in [0.25, 0.3) is 0 Å². The van der Waals surface area contributed by atoms with Crippen LogP contribution in [0.25, 0.3) is 0 Å². The van der Waals surface area contributed by atoms with Gasteiger partial charge in [0.15, 0.2) is 0 Å². The zero-order valence-corrected chi connectivity index (χ0v) is 10.3. The minimum Gasteiger partial charge on any atom is -0.487 e. The predicted octanol–water partition coefficient (Wildman–Crippen LogP) is 1.60. The smallest absolute Gasteiger partial charge is 0.487 e. The van der Waals surface area contributed by atoms with Crippen LogP contribution in [0.15, 0.2) is 48.5 Å². The van der Waals surface area contributed by atoms with E-state index in [1.165, 1.54) is 0 Å². The van der Waals surface area contributed by atoms with Gasteiger partial charge in [0.1, 0.15) is 12.4 Å². The van der Waals surface area contributed by atoms with Gasteiger partial charge in [-0.3, -0.25) is 0 Å². The predicted molar refractivity (Wildman–Crippen MR) is 72.1 cm³/mol. The number of benzene rings is 2. The van der Waals surface area contributed by atoms with E-state index in [4.69, 9.17) is 26.4 Å². The Bertz CT molecular complexity index is 531. The highest BCUT2D eigenvalue weighted by Crippen LogP contribution is 2.23. The highest BCUT2D eigenvalue weighted by Gasteiger charge is 2.10. The van der Waals surface area contributed by atoms with Crippen LogP contribution in [0.2, 0.25) is 5.02 Å². The van der Waals surface area contributed by atoms with Crippen molar-refractivity contribution in [1.29, 1.82) is 0 Å². The molecule has 2 aromatic rings. The molecule has 0 radical (unpaired) electrons. The molecule has 0 aliphatic carbocycles. The molecule has 0 aromatic heterocycles. The summed E-state index contributed by atoms with van der Waals surface area (Å²) in [6, 6.07) is 14.1. The van der Waals surface area contributed by atoms with Crippen molar-refractivity contribution in [3.8, 4) is 5.75 Å². The molecule has 0 aliphatic heterocycles. The third-order valence-electron chi connectivity index (χ3n) is 2.48. The lowest BCUT2D eigenvalue weighted by molar-refractivity contribution is 0.306. The van der Waals surface area contributed by atoms with Crippen LogP contribution >= 0.6 is 11.6 Å². The molecule has 0 bridgehead atoms. The summed E-state index contributed by atoms with van der Waals surface area (Å²) in [6.45, 7) is 0.324. The molecule has 0 spiro atoms. The first-order valence-electron chi connectivity index (χ1n) is 5.49. The third-order valence-corrected chi connectivity index (χ3v) is 2.79. The van der Waals surface area contributed by atoms with Crippen molar-refractivity contribution in [3.05, 3.63) is 59.1 Å². The summed E-state index contributed by atoms with van der Waals surface area (Å²) >= 11 is 5.97. The van der Waals surface area contributed by atoms with E-state index in [0.717, 1.165) is 5.56 Å². The van der Waals surface area contributed by atoms with E-state index in [1.54, 1.807) is 30.3 Å².